The van der Waals surface area contributed by atoms with Crippen LogP contribution in [0.3, 0.4) is 0 Å². The standard InChI is InChI=1S/C19H17FN2O/c1-3-13-4-7-15(8-5-13)22-19(23)17-10-12(2)21-18-9-6-14(20)11-16(17)18/h4-11H,3H2,1-2H3,(H,22,23). The smallest absolute Gasteiger partial charge is 0.256 e. The number of benzene rings is 2. The minimum atomic E-state index is -0.385. The lowest BCUT2D eigenvalue weighted by molar-refractivity contribution is 0.102. The van der Waals surface area contributed by atoms with E-state index >= 15 is 0 Å². The molecule has 0 aliphatic rings. The number of carbonyl (C=O) groups is 1. The molecule has 0 fully saturated rings. The molecule has 0 saturated heterocycles. The Morgan fingerprint density at radius 2 is 1.87 bits per heavy atom. The average molecular weight is 308 g/mol. The highest BCUT2D eigenvalue weighted by Crippen LogP contribution is 2.21. The van der Waals surface area contributed by atoms with E-state index in [0.29, 0.717) is 22.2 Å². The van der Waals surface area contributed by atoms with Crippen LogP contribution in [0, 0.1) is 12.7 Å². The SMILES string of the molecule is CCc1ccc(NC(=O)c2cc(C)nc3ccc(F)cc23)cc1. The van der Waals surface area contributed by atoms with Gasteiger partial charge < -0.3 is 5.32 Å². The molecule has 0 unspecified atom stereocenters. The number of amides is 1. The second-order valence-electron chi connectivity index (χ2n) is 5.48. The molecular formula is C19H17FN2O. The number of nitrogens with zero attached hydrogens (tertiary/aromatic N) is 1. The summed E-state index contributed by atoms with van der Waals surface area (Å²) in [5.41, 5.74) is 3.67. The maximum atomic E-state index is 13.5. The van der Waals surface area contributed by atoms with Crippen LogP contribution in [0.1, 0.15) is 28.5 Å². The molecule has 3 nitrogen and oxygen atoms in total. The van der Waals surface area contributed by atoms with Gasteiger partial charge in [0, 0.05) is 16.8 Å². The van der Waals surface area contributed by atoms with Crippen molar-refractivity contribution in [2.24, 2.45) is 0 Å². The van der Waals surface area contributed by atoms with Gasteiger partial charge in [0.05, 0.1) is 11.1 Å². The van der Waals surface area contributed by atoms with Gasteiger partial charge in [0.15, 0.2) is 0 Å². The summed E-state index contributed by atoms with van der Waals surface area (Å²) in [6, 6.07) is 13.6. The van der Waals surface area contributed by atoms with Crippen molar-refractivity contribution in [1.82, 2.24) is 4.98 Å². The zero-order valence-corrected chi connectivity index (χ0v) is 13.1. The summed E-state index contributed by atoms with van der Waals surface area (Å²) in [4.78, 5) is 16.9. The number of fused-ring (bicyclic) bond motifs is 1. The molecule has 4 heteroatoms. The molecule has 0 bridgehead atoms. The predicted octanol–water partition coefficient (Wildman–Crippen LogP) is 4.50. The lowest BCUT2D eigenvalue weighted by Crippen LogP contribution is -2.13. The summed E-state index contributed by atoms with van der Waals surface area (Å²) in [5.74, 6) is -0.653. The number of rotatable bonds is 3. The van der Waals surface area contributed by atoms with Crippen molar-refractivity contribution in [3.8, 4) is 0 Å². The minimum absolute atomic E-state index is 0.268. The Kier molecular flexibility index (Phi) is 4.06. The van der Waals surface area contributed by atoms with E-state index in [-0.39, 0.29) is 11.7 Å². The third-order valence-electron chi connectivity index (χ3n) is 3.76. The third kappa shape index (κ3) is 3.21. The van der Waals surface area contributed by atoms with Gasteiger partial charge in [-0.2, -0.15) is 0 Å². The van der Waals surface area contributed by atoms with Crippen LogP contribution in [-0.4, -0.2) is 10.9 Å². The number of aryl methyl sites for hydroxylation is 2. The molecule has 2 aromatic carbocycles. The first-order valence-corrected chi connectivity index (χ1v) is 7.54. The monoisotopic (exact) mass is 308 g/mol. The van der Waals surface area contributed by atoms with Gasteiger partial charge in [-0.3, -0.25) is 9.78 Å². The molecule has 116 valence electrons. The summed E-state index contributed by atoms with van der Waals surface area (Å²) < 4.78 is 13.5. The Labute approximate surface area is 134 Å². The molecule has 1 aromatic heterocycles. The molecular weight excluding hydrogens is 291 g/mol. The van der Waals surface area contributed by atoms with Gasteiger partial charge in [-0.25, -0.2) is 4.39 Å². The first-order chi connectivity index (χ1) is 11.1. The highest BCUT2D eigenvalue weighted by atomic mass is 19.1. The molecule has 0 atom stereocenters. The molecule has 0 spiro atoms. The second-order valence-corrected chi connectivity index (χ2v) is 5.48. The molecule has 0 saturated carbocycles. The van der Waals surface area contributed by atoms with Crippen molar-refractivity contribution in [1.29, 1.82) is 0 Å². The Balaban J connectivity index is 1.97. The largest absolute Gasteiger partial charge is 0.322 e. The lowest BCUT2D eigenvalue weighted by atomic mass is 10.1. The molecule has 0 aliphatic carbocycles. The number of halogens is 1. The van der Waals surface area contributed by atoms with Crippen molar-refractivity contribution >= 4 is 22.5 Å². The fourth-order valence-corrected chi connectivity index (χ4v) is 2.54. The van der Waals surface area contributed by atoms with Crippen LogP contribution in [0.25, 0.3) is 10.9 Å². The number of hydrogen-bond acceptors (Lipinski definition) is 2. The van der Waals surface area contributed by atoms with Gasteiger partial charge in [0.1, 0.15) is 5.82 Å². The molecule has 3 rings (SSSR count). The van der Waals surface area contributed by atoms with Crippen LogP contribution >= 0.6 is 0 Å². The van der Waals surface area contributed by atoms with E-state index in [9.17, 15) is 9.18 Å². The number of aromatic nitrogens is 1. The molecule has 3 aromatic rings. The maximum Gasteiger partial charge on any atom is 0.256 e. The van der Waals surface area contributed by atoms with Gasteiger partial charge in [-0.1, -0.05) is 19.1 Å². The van der Waals surface area contributed by atoms with Crippen molar-refractivity contribution < 1.29 is 9.18 Å². The number of pyridine rings is 1. The van der Waals surface area contributed by atoms with Crippen LogP contribution in [-0.2, 0) is 6.42 Å². The van der Waals surface area contributed by atoms with E-state index in [0.717, 1.165) is 12.1 Å². The first kappa shape index (κ1) is 15.2. The van der Waals surface area contributed by atoms with E-state index in [4.69, 9.17) is 0 Å². The predicted molar refractivity (Wildman–Crippen MR) is 90.2 cm³/mol. The van der Waals surface area contributed by atoms with E-state index < -0.39 is 0 Å². The summed E-state index contributed by atoms with van der Waals surface area (Å²) in [5, 5.41) is 3.37. The second kappa shape index (κ2) is 6.16. The quantitative estimate of drug-likeness (QED) is 0.774. The molecule has 1 heterocycles. The average Bonchev–Trinajstić information content (AvgIpc) is 2.55. The first-order valence-electron chi connectivity index (χ1n) is 7.54. The summed E-state index contributed by atoms with van der Waals surface area (Å²) in [7, 11) is 0. The molecule has 0 radical (unpaired) electrons. The normalized spacial score (nSPS) is 10.7. The minimum Gasteiger partial charge on any atom is -0.322 e. The zero-order valence-electron chi connectivity index (χ0n) is 13.1. The van der Waals surface area contributed by atoms with Gasteiger partial charge in [-0.15, -0.1) is 0 Å². The summed E-state index contributed by atoms with van der Waals surface area (Å²) in [6.07, 6.45) is 0.946. The van der Waals surface area contributed by atoms with Crippen LogP contribution in [0.15, 0.2) is 48.5 Å². The molecule has 1 amide bonds. The highest BCUT2D eigenvalue weighted by Gasteiger charge is 2.13. The number of carbonyl (C=O) groups excluding carboxylic acids is 1. The lowest BCUT2D eigenvalue weighted by Gasteiger charge is -2.10. The summed E-state index contributed by atoms with van der Waals surface area (Å²) >= 11 is 0. The summed E-state index contributed by atoms with van der Waals surface area (Å²) in [6.45, 7) is 3.89. The van der Waals surface area contributed by atoms with Crippen molar-refractivity contribution in [2.45, 2.75) is 20.3 Å². The Hall–Kier alpha value is -2.75. The van der Waals surface area contributed by atoms with E-state index in [1.54, 1.807) is 12.1 Å². The molecule has 0 aliphatic heterocycles. The Morgan fingerprint density at radius 3 is 2.57 bits per heavy atom. The number of anilines is 1. The number of nitrogens with one attached hydrogen (secondary N) is 1. The highest BCUT2D eigenvalue weighted by molar-refractivity contribution is 6.12. The van der Waals surface area contributed by atoms with E-state index in [1.807, 2.05) is 31.2 Å². The molecule has 23 heavy (non-hydrogen) atoms. The maximum absolute atomic E-state index is 13.5. The third-order valence-corrected chi connectivity index (χ3v) is 3.76. The fourth-order valence-electron chi connectivity index (χ4n) is 2.54. The molecule has 1 N–H and O–H groups in total. The Morgan fingerprint density at radius 1 is 1.13 bits per heavy atom. The number of hydrogen-bond donors (Lipinski definition) is 1. The van der Waals surface area contributed by atoms with Crippen molar-refractivity contribution in [3.63, 3.8) is 0 Å². The van der Waals surface area contributed by atoms with Crippen LogP contribution in [0.5, 0.6) is 0 Å². The Bertz CT molecular complexity index is 872. The van der Waals surface area contributed by atoms with Gasteiger partial charge >= 0.3 is 0 Å². The van der Waals surface area contributed by atoms with E-state index in [1.165, 1.54) is 17.7 Å². The van der Waals surface area contributed by atoms with Gasteiger partial charge in [0.25, 0.3) is 5.91 Å². The van der Waals surface area contributed by atoms with Crippen LogP contribution < -0.4 is 5.32 Å². The van der Waals surface area contributed by atoms with Crippen LogP contribution in [0.4, 0.5) is 10.1 Å². The van der Waals surface area contributed by atoms with Gasteiger partial charge in [0.2, 0.25) is 0 Å². The zero-order chi connectivity index (χ0) is 16.4. The fraction of sp³-hybridized carbons (Fsp3) is 0.158. The van der Waals surface area contributed by atoms with E-state index in [2.05, 4.69) is 17.2 Å². The van der Waals surface area contributed by atoms with Crippen molar-refractivity contribution in [3.05, 3.63) is 71.2 Å². The van der Waals surface area contributed by atoms with Gasteiger partial charge in [-0.05, 0) is 55.3 Å². The van der Waals surface area contributed by atoms with Crippen molar-refractivity contribution in [2.75, 3.05) is 5.32 Å². The van der Waals surface area contributed by atoms with Crippen LogP contribution in [0.2, 0.25) is 0 Å². The topological polar surface area (TPSA) is 42.0 Å².